The monoisotopic (exact) mass is 378 g/mol. The molecule has 0 aliphatic carbocycles. The van der Waals surface area contributed by atoms with Crippen molar-refractivity contribution in [2.24, 2.45) is 5.92 Å². The van der Waals surface area contributed by atoms with Crippen LogP contribution in [0.15, 0.2) is 48.9 Å². The molecule has 1 N–H and O–H groups in total. The molecular weight excluding hydrogens is 352 g/mol. The summed E-state index contributed by atoms with van der Waals surface area (Å²) in [5, 5.41) is 1.00. The molecule has 28 heavy (non-hydrogen) atoms. The number of para-hydroxylation sites is 1. The predicted molar refractivity (Wildman–Crippen MR) is 112 cm³/mol. The van der Waals surface area contributed by atoms with Crippen molar-refractivity contribution in [3.05, 3.63) is 48.9 Å². The largest absolute Gasteiger partial charge is 0.354 e. The molecule has 7 nitrogen and oxygen atoms in total. The first-order valence-corrected chi connectivity index (χ1v) is 9.65. The number of piperidine rings is 1. The van der Waals surface area contributed by atoms with Crippen LogP contribution in [-0.4, -0.2) is 59.1 Å². The Labute approximate surface area is 165 Å². The van der Waals surface area contributed by atoms with Crippen molar-refractivity contribution in [1.29, 1.82) is 0 Å². The van der Waals surface area contributed by atoms with Crippen LogP contribution in [0.1, 0.15) is 13.3 Å². The number of urea groups is 1. The lowest BCUT2D eigenvalue weighted by Crippen LogP contribution is -2.55. The summed E-state index contributed by atoms with van der Waals surface area (Å²) in [5.74, 6) is 1.36. The molecule has 2 amide bonds. The smallest absolute Gasteiger partial charge is 0.324 e. The molecule has 146 valence electrons. The van der Waals surface area contributed by atoms with Crippen LogP contribution < -0.4 is 9.80 Å². The summed E-state index contributed by atoms with van der Waals surface area (Å²) in [7, 11) is 3.90. The summed E-state index contributed by atoms with van der Waals surface area (Å²) >= 11 is 0. The fraction of sp³-hybridized carbons (Fsp3) is 0.381. The van der Waals surface area contributed by atoms with Crippen LogP contribution in [-0.2, 0) is 0 Å². The third-order valence-electron chi connectivity index (χ3n) is 5.78. The van der Waals surface area contributed by atoms with Gasteiger partial charge in [0.25, 0.3) is 0 Å². The molecule has 1 aliphatic heterocycles. The molecule has 3 aromatic rings. The Kier molecular flexibility index (Phi) is 4.90. The van der Waals surface area contributed by atoms with Crippen molar-refractivity contribution in [1.82, 2.24) is 19.9 Å². The minimum Gasteiger partial charge on any atom is -0.354 e. The van der Waals surface area contributed by atoms with Gasteiger partial charge in [-0.2, -0.15) is 0 Å². The first-order valence-electron chi connectivity index (χ1n) is 9.65. The highest BCUT2D eigenvalue weighted by molar-refractivity contribution is 5.91. The topological polar surface area (TPSA) is 68.4 Å². The second-order valence-electron chi connectivity index (χ2n) is 7.50. The minimum atomic E-state index is 0.0333. The molecule has 7 heteroatoms. The van der Waals surface area contributed by atoms with E-state index in [9.17, 15) is 4.79 Å². The normalized spacial score (nSPS) is 19.6. The molecule has 2 atom stereocenters. The number of rotatable bonds is 3. The summed E-state index contributed by atoms with van der Waals surface area (Å²) in [6, 6.07) is 12.0. The number of likely N-dealkylation sites (tertiary alicyclic amines) is 1. The standard InChI is InChI=1S/C21H26N6O/c1-15-10-12-27(21(28)25(2)16-7-5-4-6-8-16)13-18(15)26(3)20-17-9-11-22-19(17)23-14-24-20/h4-9,11,14-15,18H,10,12-13H2,1-3H3,(H,22,23,24). The Morgan fingerprint density at radius 3 is 2.75 bits per heavy atom. The number of benzene rings is 1. The van der Waals surface area contributed by atoms with Gasteiger partial charge in [0.15, 0.2) is 0 Å². The third kappa shape index (κ3) is 3.28. The van der Waals surface area contributed by atoms with Crippen LogP contribution in [0.3, 0.4) is 0 Å². The third-order valence-corrected chi connectivity index (χ3v) is 5.78. The van der Waals surface area contributed by atoms with Crippen molar-refractivity contribution < 1.29 is 4.79 Å². The molecule has 1 aliphatic rings. The SMILES string of the molecule is CC1CCN(C(=O)N(C)c2ccccc2)CC1N(C)c1ncnc2[nH]ccc12. The van der Waals surface area contributed by atoms with Gasteiger partial charge in [-0.15, -0.1) is 0 Å². The number of nitrogens with zero attached hydrogens (tertiary/aromatic N) is 5. The summed E-state index contributed by atoms with van der Waals surface area (Å²) in [6.07, 6.45) is 4.43. The number of aromatic amines is 1. The highest BCUT2D eigenvalue weighted by Crippen LogP contribution is 2.29. The molecule has 1 aromatic carbocycles. The first kappa shape index (κ1) is 18.3. The molecule has 0 radical (unpaired) electrons. The van der Waals surface area contributed by atoms with Crippen LogP contribution in [0.4, 0.5) is 16.3 Å². The number of aromatic nitrogens is 3. The van der Waals surface area contributed by atoms with E-state index in [0.717, 1.165) is 35.5 Å². The molecular formula is C21H26N6O. The van der Waals surface area contributed by atoms with Crippen LogP contribution in [0.25, 0.3) is 11.0 Å². The van der Waals surface area contributed by atoms with Gasteiger partial charge in [-0.05, 0) is 30.5 Å². The first-order chi connectivity index (χ1) is 13.6. The Morgan fingerprint density at radius 1 is 1.18 bits per heavy atom. The second-order valence-corrected chi connectivity index (χ2v) is 7.50. The van der Waals surface area contributed by atoms with Gasteiger partial charge in [0.05, 0.1) is 11.4 Å². The maximum Gasteiger partial charge on any atom is 0.324 e. The second kappa shape index (κ2) is 7.50. The number of carbonyl (C=O) groups is 1. The van der Waals surface area contributed by atoms with E-state index in [-0.39, 0.29) is 12.1 Å². The number of carbonyl (C=O) groups excluding carboxylic acids is 1. The van der Waals surface area contributed by atoms with Crippen molar-refractivity contribution in [3.63, 3.8) is 0 Å². The number of nitrogens with one attached hydrogen (secondary N) is 1. The number of hydrogen-bond acceptors (Lipinski definition) is 4. The summed E-state index contributed by atoms with van der Waals surface area (Å²) < 4.78 is 0. The lowest BCUT2D eigenvalue weighted by atomic mass is 9.92. The zero-order valence-electron chi connectivity index (χ0n) is 16.5. The van der Waals surface area contributed by atoms with Gasteiger partial charge in [0.1, 0.15) is 17.8 Å². The lowest BCUT2D eigenvalue weighted by Gasteiger charge is -2.43. The molecule has 2 unspecified atom stereocenters. The number of amides is 2. The van der Waals surface area contributed by atoms with E-state index in [1.165, 1.54) is 0 Å². The number of likely N-dealkylation sites (N-methyl/N-ethyl adjacent to an activating group) is 1. The van der Waals surface area contributed by atoms with Crippen molar-refractivity contribution in [2.45, 2.75) is 19.4 Å². The maximum absolute atomic E-state index is 13.1. The van der Waals surface area contributed by atoms with Gasteiger partial charge < -0.3 is 14.8 Å². The van der Waals surface area contributed by atoms with Crippen LogP contribution in [0, 0.1) is 5.92 Å². The van der Waals surface area contributed by atoms with E-state index < -0.39 is 0 Å². The molecule has 0 saturated carbocycles. The molecule has 2 aromatic heterocycles. The van der Waals surface area contributed by atoms with Gasteiger partial charge >= 0.3 is 6.03 Å². The zero-order valence-corrected chi connectivity index (χ0v) is 16.5. The van der Waals surface area contributed by atoms with Gasteiger partial charge in [-0.1, -0.05) is 25.1 Å². The van der Waals surface area contributed by atoms with Crippen molar-refractivity contribution in [2.75, 3.05) is 37.0 Å². The highest BCUT2D eigenvalue weighted by Gasteiger charge is 2.34. The number of fused-ring (bicyclic) bond motifs is 1. The number of H-pyrrole nitrogens is 1. The number of hydrogen-bond donors (Lipinski definition) is 1. The van der Waals surface area contributed by atoms with E-state index in [1.807, 2.05) is 54.5 Å². The molecule has 0 bridgehead atoms. The van der Waals surface area contributed by atoms with E-state index in [4.69, 9.17) is 0 Å². The van der Waals surface area contributed by atoms with Crippen molar-refractivity contribution >= 4 is 28.6 Å². The molecule has 3 heterocycles. The Balaban J connectivity index is 1.55. The van der Waals surface area contributed by atoms with Crippen LogP contribution in [0.5, 0.6) is 0 Å². The summed E-state index contributed by atoms with van der Waals surface area (Å²) in [6.45, 7) is 3.69. The zero-order chi connectivity index (χ0) is 19.7. The molecule has 0 spiro atoms. The van der Waals surface area contributed by atoms with Gasteiger partial charge in [0, 0.05) is 39.1 Å². The Bertz CT molecular complexity index is 956. The average Bonchev–Trinajstić information content (AvgIpc) is 3.22. The highest BCUT2D eigenvalue weighted by atomic mass is 16.2. The Hall–Kier alpha value is -3.09. The van der Waals surface area contributed by atoms with E-state index >= 15 is 0 Å². The van der Waals surface area contributed by atoms with Crippen LogP contribution >= 0.6 is 0 Å². The average molecular weight is 378 g/mol. The number of anilines is 2. The van der Waals surface area contributed by atoms with Gasteiger partial charge in [-0.3, -0.25) is 4.90 Å². The van der Waals surface area contributed by atoms with E-state index in [1.54, 1.807) is 11.2 Å². The summed E-state index contributed by atoms with van der Waals surface area (Å²) in [4.78, 5) is 30.9. The van der Waals surface area contributed by atoms with Crippen molar-refractivity contribution in [3.8, 4) is 0 Å². The van der Waals surface area contributed by atoms with Gasteiger partial charge in [-0.25, -0.2) is 14.8 Å². The molecule has 1 fully saturated rings. The molecule has 1 saturated heterocycles. The predicted octanol–water partition coefficient (Wildman–Crippen LogP) is 3.36. The van der Waals surface area contributed by atoms with Crippen LogP contribution in [0.2, 0.25) is 0 Å². The fourth-order valence-electron chi connectivity index (χ4n) is 4.00. The lowest BCUT2D eigenvalue weighted by molar-refractivity contribution is 0.167. The quantitative estimate of drug-likeness (QED) is 0.759. The van der Waals surface area contributed by atoms with E-state index in [0.29, 0.717) is 12.5 Å². The fourth-order valence-corrected chi connectivity index (χ4v) is 4.00. The van der Waals surface area contributed by atoms with Gasteiger partial charge in [0.2, 0.25) is 0 Å². The maximum atomic E-state index is 13.1. The Morgan fingerprint density at radius 2 is 1.96 bits per heavy atom. The molecule has 4 rings (SSSR count). The van der Waals surface area contributed by atoms with E-state index in [2.05, 4.69) is 33.8 Å². The minimum absolute atomic E-state index is 0.0333. The summed E-state index contributed by atoms with van der Waals surface area (Å²) in [5.41, 5.74) is 1.73.